The number of fused-ring (bicyclic) bond motifs is 1. The molecule has 0 aliphatic carbocycles. The third kappa shape index (κ3) is 2.46. The van der Waals surface area contributed by atoms with Gasteiger partial charge >= 0.3 is 0 Å². The molecule has 7 nitrogen and oxygen atoms in total. The van der Waals surface area contributed by atoms with Crippen molar-refractivity contribution in [2.75, 3.05) is 26.7 Å². The summed E-state index contributed by atoms with van der Waals surface area (Å²) in [4.78, 5) is 14.0. The Morgan fingerprint density at radius 2 is 2.10 bits per heavy atom. The van der Waals surface area contributed by atoms with Crippen LogP contribution in [0, 0.1) is 12.8 Å². The number of aromatic nitrogens is 1. The highest BCUT2D eigenvalue weighted by Gasteiger charge is 2.45. The van der Waals surface area contributed by atoms with Crippen molar-refractivity contribution in [3.05, 3.63) is 17.5 Å². The summed E-state index contributed by atoms with van der Waals surface area (Å²) in [5.74, 6) is 0.517. The van der Waals surface area contributed by atoms with Gasteiger partial charge in [0.1, 0.15) is 5.76 Å². The molecule has 2 saturated heterocycles. The highest BCUT2D eigenvalue weighted by molar-refractivity contribution is 7.90. The van der Waals surface area contributed by atoms with E-state index in [1.807, 2.05) is 0 Å². The number of hydrogen-bond acceptors (Lipinski definition) is 5. The van der Waals surface area contributed by atoms with Crippen molar-refractivity contribution < 1.29 is 17.7 Å². The van der Waals surface area contributed by atoms with E-state index in [2.05, 4.69) is 5.16 Å². The minimum atomic E-state index is -3.20. The van der Waals surface area contributed by atoms with Gasteiger partial charge in [0.25, 0.3) is 5.91 Å². The van der Waals surface area contributed by atoms with Crippen LogP contribution in [0.1, 0.15) is 29.1 Å². The van der Waals surface area contributed by atoms with E-state index in [0.29, 0.717) is 43.9 Å². The molecule has 116 valence electrons. The van der Waals surface area contributed by atoms with Crippen LogP contribution in [0.5, 0.6) is 0 Å². The van der Waals surface area contributed by atoms with Crippen LogP contribution in [0.2, 0.25) is 0 Å². The SMILES string of the molecule is Cc1cc(C(=O)N2CC[C@H]3CN(C)S(=O)(=O)[C@H]3CC2)no1. The molecule has 1 aromatic rings. The molecule has 2 atom stereocenters. The van der Waals surface area contributed by atoms with Crippen LogP contribution in [0.15, 0.2) is 10.6 Å². The number of amides is 1. The average molecular weight is 313 g/mol. The molecule has 8 heteroatoms. The van der Waals surface area contributed by atoms with E-state index < -0.39 is 10.0 Å². The van der Waals surface area contributed by atoms with Crippen LogP contribution in [-0.2, 0) is 10.0 Å². The Morgan fingerprint density at radius 3 is 2.76 bits per heavy atom. The van der Waals surface area contributed by atoms with Gasteiger partial charge in [-0.2, -0.15) is 0 Å². The second-order valence-electron chi connectivity index (χ2n) is 5.82. The first-order valence-electron chi connectivity index (χ1n) is 7.07. The number of nitrogens with zero attached hydrogens (tertiary/aromatic N) is 3. The second kappa shape index (κ2) is 5.10. The summed E-state index contributed by atoms with van der Waals surface area (Å²) in [7, 11) is -1.57. The molecule has 0 aromatic carbocycles. The molecule has 0 N–H and O–H groups in total. The number of rotatable bonds is 1. The molecule has 3 rings (SSSR count). The van der Waals surface area contributed by atoms with E-state index in [1.54, 1.807) is 24.9 Å². The zero-order chi connectivity index (χ0) is 15.2. The van der Waals surface area contributed by atoms with E-state index in [4.69, 9.17) is 4.52 Å². The Balaban J connectivity index is 1.75. The van der Waals surface area contributed by atoms with Crippen molar-refractivity contribution in [1.82, 2.24) is 14.4 Å². The van der Waals surface area contributed by atoms with E-state index >= 15 is 0 Å². The first-order valence-corrected chi connectivity index (χ1v) is 8.57. The summed E-state index contributed by atoms with van der Waals surface area (Å²) in [5, 5.41) is 3.38. The van der Waals surface area contributed by atoms with Crippen LogP contribution in [0.25, 0.3) is 0 Å². The van der Waals surface area contributed by atoms with Gasteiger partial charge in [-0.1, -0.05) is 5.16 Å². The topological polar surface area (TPSA) is 83.7 Å². The van der Waals surface area contributed by atoms with Gasteiger partial charge in [0.05, 0.1) is 5.25 Å². The van der Waals surface area contributed by atoms with Gasteiger partial charge in [0.15, 0.2) is 5.69 Å². The zero-order valence-corrected chi connectivity index (χ0v) is 13.0. The largest absolute Gasteiger partial charge is 0.361 e. The molecule has 2 aliphatic rings. The lowest BCUT2D eigenvalue weighted by atomic mass is 10.0. The Labute approximate surface area is 123 Å². The fourth-order valence-corrected chi connectivity index (χ4v) is 5.21. The first kappa shape index (κ1) is 14.5. The van der Waals surface area contributed by atoms with Crippen molar-refractivity contribution in [1.29, 1.82) is 0 Å². The highest BCUT2D eigenvalue weighted by atomic mass is 32.2. The maximum absolute atomic E-state index is 12.4. The summed E-state index contributed by atoms with van der Waals surface area (Å²) < 4.78 is 30.8. The molecule has 2 aliphatic heterocycles. The lowest BCUT2D eigenvalue weighted by Gasteiger charge is -2.20. The van der Waals surface area contributed by atoms with Gasteiger partial charge in [0.2, 0.25) is 10.0 Å². The van der Waals surface area contributed by atoms with Crippen LogP contribution < -0.4 is 0 Å². The van der Waals surface area contributed by atoms with Crippen molar-refractivity contribution in [2.45, 2.75) is 25.0 Å². The van der Waals surface area contributed by atoms with Gasteiger partial charge < -0.3 is 9.42 Å². The van der Waals surface area contributed by atoms with E-state index in [0.717, 1.165) is 0 Å². The van der Waals surface area contributed by atoms with Crippen LogP contribution in [0.4, 0.5) is 0 Å². The normalized spacial score (nSPS) is 29.1. The molecule has 0 unspecified atom stereocenters. The summed E-state index contributed by atoms with van der Waals surface area (Å²) in [6.07, 6.45) is 1.19. The Bertz CT molecular complexity index is 654. The maximum Gasteiger partial charge on any atom is 0.276 e. The Kier molecular flexibility index (Phi) is 3.53. The smallest absolute Gasteiger partial charge is 0.276 e. The molecular weight excluding hydrogens is 294 g/mol. The zero-order valence-electron chi connectivity index (χ0n) is 12.2. The summed E-state index contributed by atoms with van der Waals surface area (Å²) in [6.45, 7) is 3.30. The summed E-state index contributed by atoms with van der Waals surface area (Å²) >= 11 is 0. The minimum Gasteiger partial charge on any atom is -0.361 e. The summed E-state index contributed by atoms with van der Waals surface area (Å²) in [5.41, 5.74) is 0.291. The van der Waals surface area contributed by atoms with Gasteiger partial charge in [-0.25, -0.2) is 12.7 Å². The number of aryl methyl sites for hydroxylation is 1. The standard InChI is InChI=1S/C13H19N3O4S/c1-9-7-11(14-20-9)13(17)16-5-3-10-8-15(2)21(18,19)12(10)4-6-16/h7,10,12H,3-6,8H2,1-2H3/t10-,12-/m0/s1. The van der Waals surface area contributed by atoms with Gasteiger partial charge in [-0.05, 0) is 25.7 Å². The fraction of sp³-hybridized carbons (Fsp3) is 0.692. The highest BCUT2D eigenvalue weighted by Crippen LogP contribution is 2.33. The number of hydrogen-bond donors (Lipinski definition) is 0. The van der Waals surface area contributed by atoms with E-state index in [-0.39, 0.29) is 17.1 Å². The molecule has 0 saturated carbocycles. The van der Waals surface area contributed by atoms with Crippen LogP contribution in [0.3, 0.4) is 0 Å². The molecule has 0 radical (unpaired) electrons. The number of likely N-dealkylation sites (tertiary alicyclic amines) is 1. The monoisotopic (exact) mass is 313 g/mol. The van der Waals surface area contributed by atoms with Crippen LogP contribution in [-0.4, -0.2) is 60.6 Å². The van der Waals surface area contributed by atoms with Crippen molar-refractivity contribution in [3.63, 3.8) is 0 Å². The molecule has 0 bridgehead atoms. The van der Waals surface area contributed by atoms with Gasteiger partial charge in [-0.15, -0.1) is 0 Å². The third-order valence-corrected chi connectivity index (χ3v) is 6.83. The summed E-state index contributed by atoms with van der Waals surface area (Å²) in [6, 6.07) is 1.61. The first-order chi connectivity index (χ1) is 9.89. The molecule has 3 heterocycles. The molecule has 0 spiro atoms. The van der Waals surface area contributed by atoms with Crippen molar-refractivity contribution in [3.8, 4) is 0 Å². The third-order valence-electron chi connectivity index (χ3n) is 4.42. The minimum absolute atomic E-state index is 0.108. The number of carbonyl (C=O) groups excluding carboxylic acids is 1. The molecule has 21 heavy (non-hydrogen) atoms. The molecule has 1 aromatic heterocycles. The number of sulfonamides is 1. The average Bonchev–Trinajstić information content (AvgIpc) is 2.85. The van der Waals surface area contributed by atoms with E-state index in [1.165, 1.54) is 4.31 Å². The molecule has 1 amide bonds. The number of carbonyl (C=O) groups is 1. The van der Waals surface area contributed by atoms with Crippen molar-refractivity contribution >= 4 is 15.9 Å². The molecular formula is C13H19N3O4S. The lowest BCUT2D eigenvalue weighted by molar-refractivity contribution is 0.0749. The lowest BCUT2D eigenvalue weighted by Crippen LogP contribution is -2.34. The maximum atomic E-state index is 12.4. The Hall–Kier alpha value is -1.41. The Morgan fingerprint density at radius 1 is 1.38 bits per heavy atom. The second-order valence-corrected chi connectivity index (χ2v) is 8.08. The predicted octanol–water partition coefficient (Wildman–Crippen LogP) is 0.479. The fourth-order valence-electron chi connectivity index (χ4n) is 3.24. The molecule has 2 fully saturated rings. The van der Waals surface area contributed by atoms with Gasteiger partial charge in [-0.3, -0.25) is 4.79 Å². The predicted molar refractivity (Wildman–Crippen MR) is 75.2 cm³/mol. The van der Waals surface area contributed by atoms with Crippen molar-refractivity contribution in [2.24, 2.45) is 5.92 Å². The quantitative estimate of drug-likeness (QED) is 0.753. The van der Waals surface area contributed by atoms with Gasteiger partial charge in [0, 0.05) is 32.7 Å². The van der Waals surface area contributed by atoms with Crippen LogP contribution >= 0.6 is 0 Å². The van der Waals surface area contributed by atoms with E-state index in [9.17, 15) is 13.2 Å².